The Bertz CT molecular complexity index is 408. The molecule has 1 spiro atoms. The Morgan fingerprint density at radius 2 is 1.78 bits per heavy atom. The van der Waals surface area contributed by atoms with Crippen LogP contribution in [-0.2, 0) is 4.74 Å². The molecule has 2 heterocycles. The minimum Gasteiger partial charge on any atom is -0.377 e. The molecule has 0 N–H and O–H groups in total. The van der Waals surface area contributed by atoms with Crippen LogP contribution in [-0.4, -0.2) is 44.1 Å². The van der Waals surface area contributed by atoms with Crippen molar-refractivity contribution in [3.8, 4) is 0 Å². The molecule has 2 aliphatic heterocycles. The summed E-state index contributed by atoms with van der Waals surface area (Å²) in [5.41, 5.74) is 0.873. The average Bonchev–Trinajstić information content (AvgIpc) is 2.55. The number of ether oxygens (including phenoxy) is 1. The van der Waals surface area contributed by atoms with Gasteiger partial charge in [-0.05, 0) is 50.5 Å². The summed E-state index contributed by atoms with van der Waals surface area (Å²) in [5.74, 6) is 2.60. The van der Waals surface area contributed by atoms with Crippen molar-refractivity contribution >= 4 is 7.85 Å². The highest BCUT2D eigenvalue weighted by atomic mass is 16.5. The minimum atomic E-state index is 0.359. The Hall–Kier alpha value is -0.0151. The van der Waals surface area contributed by atoms with Gasteiger partial charge in [0.05, 0.1) is 18.8 Å². The molecule has 0 amide bonds. The first-order valence-electron chi connectivity index (χ1n) is 10.3. The van der Waals surface area contributed by atoms with Gasteiger partial charge in [0.25, 0.3) is 0 Å². The highest BCUT2D eigenvalue weighted by Gasteiger charge is 2.58. The molecule has 2 saturated heterocycles. The second-order valence-electron chi connectivity index (χ2n) is 9.28. The monoisotopic (exact) mass is 319 g/mol. The molecule has 23 heavy (non-hydrogen) atoms. The van der Waals surface area contributed by atoms with E-state index in [2.05, 4.69) is 40.4 Å². The number of hydrogen-bond acceptors (Lipinski definition) is 2. The van der Waals surface area contributed by atoms with E-state index >= 15 is 0 Å². The van der Waals surface area contributed by atoms with E-state index in [1.54, 1.807) is 0 Å². The van der Waals surface area contributed by atoms with Crippen LogP contribution in [0.25, 0.3) is 0 Å². The molecule has 1 saturated carbocycles. The molecule has 0 aromatic heterocycles. The number of likely N-dealkylation sites (tertiary alicyclic amines) is 1. The zero-order valence-electron chi connectivity index (χ0n) is 16.2. The molecule has 4 atom stereocenters. The van der Waals surface area contributed by atoms with Crippen LogP contribution >= 0.6 is 0 Å². The number of piperidine rings is 1. The third-order valence-electron chi connectivity index (χ3n) is 8.14. The number of hydrogen-bond donors (Lipinski definition) is 0. The summed E-state index contributed by atoms with van der Waals surface area (Å²) in [7, 11) is 2.55. The van der Waals surface area contributed by atoms with Gasteiger partial charge in [-0.15, -0.1) is 0 Å². The van der Waals surface area contributed by atoms with Crippen LogP contribution in [0.3, 0.4) is 0 Å². The Balaban J connectivity index is 1.96. The maximum atomic E-state index is 5.84. The first-order chi connectivity index (χ1) is 11.0. The van der Waals surface area contributed by atoms with Gasteiger partial charge in [-0.1, -0.05) is 51.8 Å². The largest absolute Gasteiger partial charge is 0.377 e. The van der Waals surface area contributed by atoms with Crippen molar-refractivity contribution in [2.24, 2.45) is 17.3 Å². The third kappa shape index (κ3) is 2.80. The van der Waals surface area contributed by atoms with Crippen LogP contribution in [0, 0.1) is 17.3 Å². The van der Waals surface area contributed by atoms with Crippen LogP contribution in [0.15, 0.2) is 0 Å². The molecule has 3 fully saturated rings. The fourth-order valence-electron chi connectivity index (χ4n) is 6.31. The van der Waals surface area contributed by atoms with Crippen molar-refractivity contribution in [2.75, 3.05) is 19.8 Å². The van der Waals surface area contributed by atoms with Gasteiger partial charge in [-0.25, -0.2) is 0 Å². The van der Waals surface area contributed by atoms with E-state index in [1.165, 1.54) is 51.5 Å². The van der Waals surface area contributed by atoms with Gasteiger partial charge in [0.15, 0.2) is 0 Å². The normalized spacial score (nSPS) is 41.7. The Kier molecular flexibility index (Phi) is 5.19. The SMILES string of the molecule is BC1CCCCCC2C(CCN(C(C)C)C23COC3)C1(C)CC. The van der Waals surface area contributed by atoms with E-state index in [0.717, 1.165) is 30.9 Å². The predicted octanol–water partition coefficient (Wildman–Crippen LogP) is 3.90. The third-order valence-corrected chi connectivity index (χ3v) is 8.14. The molecule has 0 bridgehead atoms. The first kappa shape index (κ1) is 17.8. The van der Waals surface area contributed by atoms with E-state index < -0.39 is 0 Å². The minimum absolute atomic E-state index is 0.359. The average molecular weight is 319 g/mol. The van der Waals surface area contributed by atoms with Gasteiger partial charge in [0.1, 0.15) is 7.85 Å². The van der Waals surface area contributed by atoms with Crippen molar-refractivity contribution < 1.29 is 4.74 Å². The summed E-state index contributed by atoms with van der Waals surface area (Å²) < 4.78 is 5.84. The molecular formula is C20H38BNO. The van der Waals surface area contributed by atoms with Gasteiger partial charge in [0.2, 0.25) is 0 Å². The Labute approximate surface area is 145 Å². The van der Waals surface area contributed by atoms with Gasteiger partial charge in [-0.3, -0.25) is 4.90 Å². The van der Waals surface area contributed by atoms with E-state index in [0.29, 0.717) is 17.0 Å². The lowest BCUT2D eigenvalue weighted by Gasteiger charge is -2.64. The van der Waals surface area contributed by atoms with Gasteiger partial charge >= 0.3 is 0 Å². The van der Waals surface area contributed by atoms with Crippen LogP contribution in [0.1, 0.15) is 72.6 Å². The molecular weight excluding hydrogens is 281 g/mol. The standard InChI is InChI=1S/C20H38BNO/c1-5-19(4)16-11-12-22(15(2)3)20(13-23-14-20)17(16)9-7-6-8-10-18(19)21/h15-18H,5-14,21H2,1-4H3. The van der Waals surface area contributed by atoms with Gasteiger partial charge in [-0.2, -0.15) is 0 Å². The van der Waals surface area contributed by atoms with E-state index in [9.17, 15) is 0 Å². The molecule has 2 nitrogen and oxygen atoms in total. The van der Waals surface area contributed by atoms with Crippen molar-refractivity contribution in [3.05, 3.63) is 0 Å². The highest BCUT2D eigenvalue weighted by Crippen LogP contribution is 2.57. The molecule has 0 aromatic rings. The quantitative estimate of drug-likeness (QED) is 0.716. The van der Waals surface area contributed by atoms with Crippen molar-refractivity contribution in [1.29, 1.82) is 0 Å². The second-order valence-corrected chi connectivity index (χ2v) is 9.28. The molecule has 3 rings (SSSR count). The Morgan fingerprint density at radius 1 is 1.09 bits per heavy atom. The predicted molar refractivity (Wildman–Crippen MR) is 101 cm³/mol. The van der Waals surface area contributed by atoms with Crippen molar-refractivity contribution in [1.82, 2.24) is 4.90 Å². The van der Waals surface area contributed by atoms with E-state index in [1.807, 2.05) is 0 Å². The molecule has 0 radical (unpaired) electrons. The maximum absolute atomic E-state index is 5.84. The fraction of sp³-hybridized carbons (Fsp3) is 1.00. The van der Waals surface area contributed by atoms with Crippen LogP contribution in [0.2, 0.25) is 5.82 Å². The molecule has 3 heteroatoms. The summed E-state index contributed by atoms with van der Waals surface area (Å²) in [6.07, 6.45) is 9.92. The maximum Gasteiger partial charge on any atom is 0.106 e. The smallest absolute Gasteiger partial charge is 0.106 e. The van der Waals surface area contributed by atoms with Gasteiger partial charge in [0, 0.05) is 6.04 Å². The highest BCUT2D eigenvalue weighted by molar-refractivity contribution is 6.12. The lowest BCUT2D eigenvalue weighted by atomic mass is 9.50. The Morgan fingerprint density at radius 3 is 2.35 bits per heavy atom. The molecule has 1 aliphatic carbocycles. The number of rotatable bonds is 2. The lowest BCUT2D eigenvalue weighted by molar-refractivity contribution is -0.219. The molecule has 0 aromatic carbocycles. The van der Waals surface area contributed by atoms with Crippen molar-refractivity contribution in [3.63, 3.8) is 0 Å². The second kappa shape index (κ2) is 6.71. The van der Waals surface area contributed by atoms with Gasteiger partial charge < -0.3 is 4.74 Å². The van der Waals surface area contributed by atoms with E-state index in [4.69, 9.17) is 4.74 Å². The zero-order chi connectivity index (χ0) is 16.7. The lowest BCUT2D eigenvalue weighted by Crippen LogP contribution is -2.72. The van der Waals surface area contributed by atoms with Crippen LogP contribution in [0.5, 0.6) is 0 Å². The number of nitrogens with zero attached hydrogens (tertiary/aromatic N) is 1. The molecule has 3 aliphatic rings. The summed E-state index contributed by atoms with van der Waals surface area (Å²) in [6.45, 7) is 13.1. The summed E-state index contributed by atoms with van der Waals surface area (Å²) in [5, 5.41) is 0. The first-order valence-corrected chi connectivity index (χ1v) is 10.3. The summed E-state index contributed by atoms with van der Waals surface area (Å²) >= 11 is 0. The molecule has 132 valence electrons. The fourth-order valence-corrected chi connectivity index (χ4v) is 6.31. The van der Waals surface area contributed by atoms with Crippen LogP contribution < -0.4 is 0 Å². The molecule has 4 unspecified atom stereocenters. The summed E-state index contributed by atoms with van der Waals surface area (Å²) in [4.78, 5) is 2.82. The topological polar surface area (TPSA) is 12.5 Å². The van der Waals surface area contributed by atoms with Crippen molar-refractivity contribution in [2.45, 2.75) is 90.0 Å². The van der Waals surface area contributed by atoms with Crippen LogP contribution in [0.4, 0.5) is 0 Å². The zero-order valence-corrected chi connectivity index (χ0v) is 16.2. The summed E-state index contributed by atoms with van der Waals surface area (Å²) in [6, 6.07) is 0.651. The number of fused-ring (bicyclic) bond motifs is 2. The van der Waals surface area contributed by atoms with E-state index in [-0.39, 0.29) is 0 Å².